The second-order valence-electron chi connectivity index (χ2n) is 4.85. The van der Waals surface area contributed by atoms with Crippen molar-refractivity contribution in [3.8, 4) is 0 Å². The summed E-state index contributed by atoms with van der Waals surface area (Å²) in [7, 11) is 0. The highest BCUT2D eigenvalue weighted by Crippen LogP contribution is 2.30. The number of benzene rings is 2. The van der Waals surface area contributed by atoms with Crippen molar-refractivity contribution in [2.45, 2.75) is 19.4 Å². The van der Waals surface area contributed by atoms with Gasteiger partial charge in [0.25, 0.3) is 0 Å². The van der Waals surface area contributed by atoms with Crippen molar-refractivity contribution in [1.29, 1.82) is 0 Å². The number of ether oxygens (including phenoxy) is 1. The average Bonchev–Trinajstić information content (AvgIpc) is 2.58. The summed E-state index contributed by atoms with van der Waals surface area (Å²) in [6.07, 6.45) is 2.83. The molecule has 2 aromatic carbocycles. The molecule has 1 aliphatic heterocycles. The van der Waals surface area contributed by atoms with Crippen molar-refractivity contribution in [2.24, 2.45) is 0 Å². The number of hydrogen-bond acceptors (Lipinski definition) is 1. The van der Waals surface area contributed by atoms with E-state index in [4.69, 9.17) is 4.74 Å². The second-order valence-corrected chi connectivity index (χ2v) is 4.85. The molecule has 1 atom stereocenters. The molecule has 0 spiro atoms. The molecule has 2 heteroatoms. The molecule has 0 saturated heterocycles. The first-order chi connectivity index (χ1) is 9.24. The van der Waals surface area contributed by atoms with E-state index in [1.165, 1.54) is 23.3 Å². The summed E-state index contributed by atoms with van der Waals surface area (Å²) in [6.45, 7) is 2.06. The third-order valence-corrected chi connectivity index (χ3v) is 3.39. The molecule has 1 heterocycles. The highest BCUT2D eigenvalue weighted by Gasteiger charge is 2.16. The Morgan fingerprint density at radius 3 is 2.58 bits per heavy atom. The quantitative estimate of drug-likeness (QED) is 0.742. The molecule has 1 nitrogen and oxygen atoms in total. The van der Waals surface area contributed by atoms with Gasteiger partial charge in [-0.1, -0.05) is 36.4 Å². The van der Waals surface area contributed by atoms with E-state index in [9.17, 15) is 4.39 Å². The Bertz CT molecular complexity index is 613. The van der Waals surface area contributed by atoms with E-state index in [0.29, 0.717) is 0 Å². The van der Waals surface area contributed by atoms with Gasteiger partial charge in [0, 0.05) is 12.0 Å². The van der Waals surface area contributed by atoms with Crippen LogP contribution < -0.4 is 0 Å². The first kappa shape index (κ1) is 12.0. The SMILES string of the molecule is CC1Cc2ccccc2C(c2ccc(F)cc2)=CO1. The average molecular weight is 254 g/mol. The predicted octanol–water partition coefficient (Wildman–Crippen LogP) is 4.18. The fourth-order valence-corrected chi connectivity index (χ4v) is 2.42. The summed E-state index contributed by atoms with van der Waals surface area (Å²) < 4.78 is 18.8. The fraction of sp³-hybridized carbons (Fsp3) is 0.176. The smallest absolute Gasteiger partial charge is 0.123 e. The van der Waals surface area contributed by atoms with Crippen molar-refractivity contribution in [3.63, 3.8) is 0 Å². The van der Waals surface area contributed by atoms with Crippen molar-refractivity contribution < 1.29 is 9.13 Å². The molecule has 0 radical (unpaired) electrons. The van der Waals surface area contributed by atoms with Crippen LogP contribution in [0.2, 0.25) is 0 Å². The molecule has 2 aromatic rings. The van der Waals surface area contributed by atoms with Crippen LogP contribution >= 0.6 is 0 Å². The first-order valence-corrected chi connectivity index (χ1v) is 6.44. The molecular formula is C17H15FO. The minimum Gasteiger partial charge on any atom is -0.497 e. The van der Waals surface area contributed by atoms with E-state index in [1.807, 2.05) is 12.1 Å². The van der Waals surface area contributed by atoms with Crippen LogP contribution in [-0.4, -0.2) is 6.10 Å². The topological polar surface area (TPSA) is 9.23 Å². The normalized spacial score (nSPS) is 18.0. The summed E-state index contributed by atoms with van der Waals surface area (Å²) in [4.78, 5) is 0. The van der Waals surface area contributed by atoms with Gasteiger partial charge < -0.3 is 4.74 Å². The molecule has 1 aliphatic rings. The fourth-order valence-electron chi connectivity index (χ4n) is 2.42. The van der Waals surface area contributed by atoms with Crippen LogP contribution in [0.4, 0.5) is 4.39 Å². The van der Waals surface area contributed by atoms with Gasteiger partial charge in [-0.25, -0.2) is 4.39 Å². The van der Waals surface area contributed by atoms with E-state index in [2.05, 4.69) is 19.1 Å². The lowest BCUT2D eigenvalue weighted by Crippen LogP contribution is -2.06. The van der Waals surface area contributed by atoms with Gasteiger partial charge >= 0.3 is 0 Å². The van der Waals surface area contributed by atoms with E-state index < -0.39 is 0 Å². The molecular weight excluding hydrogens is 239 g/mol. The Hall–Kier alpha value is -2.09. The Kier molecular flexibility index (Phi) is 3.08. The lowest BCUT2D eigenvalue weighted by Gasteiger charge is -2.10. The van der Waals surface area contributed by atoms with Gasteiger partial charge in [-0.2, -0.15) is 0 Å². The Labute approximate surface area is 112 Å². The summed E-state index contributed by atoms with van der Waals surface area (Å²) in [6, 6.07) is 14.8. The second kappa shape index (κ2) is 4.88. The van der Waals surface area contributed by atoms with Crippen LogP contribution in [0.5, 0.6) is 0 Å². The van der Waals surface area contributed by atoms with E-state index in [0.717, 1.165) is 17.6 Å². The molecule has 19 heavy (non-hydrogen) atoms. The van der Waals surface area contributed by atoms with Crippen LogP contribution in [0.25, 0.3) is 5.57 Å². The van der Waals surface area contributed by atoms with Gasteiger partial charge in [0.15, 0.2) is 0 Å². The molecule has 0 saturated carbocycles. The maximum atomic E-state index is 13.0. The highest BCUT2D eigenvalue weighted by atomic mass is 19.1. The van der Waals surface area contributed by atoms with Gasteiger partial charge in [0.05, 0.1) is 12.4 Å². The lowest BCUT2D eigenvalue weighted by atomic mass is 9.93. The number of rotatable bonds is 1. The first-order valence-electron chi connectivity index (χ1n) is 6.44. The Morgan fingerprint density at radius 1 is 1.05 bits per heavy atom. The Balaban J connectivity index is 2.12. The maximum absolute atomic E-state index is 13.0. The van der Waals surface area contributed by atoms with Crippen LogP contribution in [-0.2, 0) is 11.2 Å². The summed E-state index contributed by atoms with van der Waals surface area (Å²) >= 11 is 0. The molecule has 96 valence electrons. The molecule has 0 aliphatic carbocycles. The van der Waals surface area contributed by atoms with Crippen LogP contribution in [0.1, 0.15) is 23.6 Å². The van der Waals surface area contributed by atoms with E-state index in [1.54, 1.807) is 18.4 Å². The van der Waals surface area contributed by atoms with Crippen molar-refractivity contribution in [3.05, 3.63) is 77.3 Å². The zero-order valence-corrected chi connectivity index (χ0v) is 10.8. The van der Waals surface area contributed by atoms with Gasteiger partial charge in [-0.15, -0.1) is 0 Å². The summed E-state index contributed by atoms with van der Waals surface area (Å²) in [5.41, 5.74) is 4.42. The Morgan fingerprint density at radius 2 is 1.79 bits per heavy atom. The lowest BCUT2D eigenvalue weighted by molar-refractivity contribution is 0.165. The van der Waals surface area contributed by atoms with Crippen LogP contribution in [0.15, 0.2) is 54.8 Å². The maximum Gasteiger partial charge on any atom is 0.123 e. The molecule has 1 unspecified atom stereocenters. The number of halogens is 1. The minimum absolute atomic E-state index is 0.152. The van der Waals surface area contributed by atoms with Gasteiger partial charge in [-0.05, 0) is 35.7 Å². The minimum atomic E-state index is -0.222. The summed E-state index contributed by atoms with van der Waals surface area (Å²) in [5.74, 6) is -0.222. The third-order valence-electron chi connectivity index (χ3n) is 3.39. The molecule has 0 fully saturated rings. The van der Waals surface area contributed by atoms with Gasteiger partial charge in [-0.3, -0.25) is 0 Å². The zero-order valence-electron chi connectivity index (χ0n) is 10.8. The van der Waals surface area contributed by atoms with Crippen molar-refractivity contribution >= 4 is 5.57 Å². The third kappa shape index (κ3) is 2.39. The molecule has 0 aromatic heterocycles. The largest absolute Gasteiger partial charge is 0.497 e. The van der Waals surface area contributed by atoms with E-state index >= 15 is 0 Å². The number of hydrogen-bond donors (Lipinski definition) is 0. The highest BCUT2D eigenvalue weighted by molar-refractivity contribution is 5.81. The van der Waals surface area contributed by atoms with Crippen LogP contribution in [0.3, 0.4) is 0 Å². The molecule has 0 N–H and O–H groups in total. The van der Waals surface area contributed by atoms with Gasteiger partial charge in [0.1, 0.15) is 5.82 Å². The number of fused-ring (bicyclic) bond motifs is 1. The molecule has 0 amide bonds. The molecule has 0 bridgehead atoms. The van der Waals surface area contributed by atoms with E-state index in [-0.39, 0.29) is 11.9 Å². The zero-order chi connectivity index (χ0) is 13.2. The molecule has 3 rings (SSSR count). The summed E-state index contributed by atoms with van der Waals surface area (Å²) in [5, 5.41) is 0. The monoisotopic (exact) mass is 254 g/mol. The van der Waals surface area contributed by atoms with Crippen molar-refractivity contribution in [2.75, 3.05) is 0 Å². The van der Waals surface area contributed by atoms with Crippen LogP contribution in [0, 0.1) is 5.82 Å². The van der Waals surface area contributed by atoms with Gasteiger partial charge in [0.2, 0.25) is 0 Å². The van der Waals surface area contributed by atoms with Crippen molar-refractivity contribution in [1.82, 2.24) is 0 Å². The standard InChI is InChI=1S/C17H15FO/c1-12-10-14-4-2-3-5-16(14)17(11-19-12)13-6-8-15(18)9-7-13/h2-9,11-12H,10H2,1H3. The predicted molar refractivity (Wildman–Crippen MR) is 74.2 cm³/mol.